The van der Waals surface area contributed by atoms with Crippen LogP contribution in [0.4, 0.5) is 0 Å². The molecule has 0 aliphatic carbocycles. The molecule has 0 aromatic heterocycles. The highest BCUT2D eigenvalue weighted by Crippen LogP contribution is 2.20. The third kappa shape index (κ3) is 6.16. The maximum Gasteiger partial charge on any atom is 0.307 e. The molecule has 0 bridgehead atoms. The first-order chi connectivity index (χ1) is 10.5. The van der Waals surface area contributed by atoms with Crippen molar-refractivity contribution in [3.63, 3.8) is 0 Å². The Morgan fingerprint density at radius 1 is 1.23 bits per heavy atom. The first kappa shape index (κ1) is 18.7. The normalized spacial score (nSPS) is 12.5. The average Bonchev–Trinajstić information content (AvgIpc) is 2.50. The second-order valence-electron chi connectivity index (χ2n) is 5.64. The van der Waals surface area contributed by atoms with Gasteiger partial charge in [-0.25, -0.2) is 0 Å². The summed E-state index contributed by atoms with van der Waals surface area (Å²) in [5, 5.41) is 10.3. The minimum atomic E-state index is -0.462. The van der Waals surface area contributed by atoms with Gasteiger partial charge in [-0.2, -0.15) is 0 Å². The summed E-state index contributed by atoms with van der Waals surface area (Å²) < 4.78 is 4.94. The number of aryl methyl sites for hydroxylation is 2. The standard InChI is InChI=1S/C18H29NO3/c1-5-19(12-10-18(21)22-6-2)11-9-17(20)16-8-7-14(3)15(4)13-16/h7-8,13,17,20H,5-6,9-12H2,1-4H3. The molecule has 1 N–H and O–H groups in total. The van der Waals surface area contributed by atoms with E-state index < -0.39 is 6.10 Å². The van der Waals surface area contributed by atoms with E-state index in [4.69, 9.17) is 4.74 Å². The van der Waals surface area contributed by atoms with E-state index in [2.05, 4.69) is 31.7 Å². The number of hydrogen-bond acceptors (Lipinski definition) is 4. The zero-order valence-corrected chi connectivity index (χ0v) is 14.3. The molecule has 0 aliphatic heterocycles. The minimum Gasteiger partial charge on any atom is -0.466 e. The van der Waals surface area contributed by atoms with Gasteiger partial charge in [-0.3, -0.25) is 4.79 Å². The Balaban J connectivity index is 2.44. The number of hydrogen-bond donors (Lipinski definition) is 1. The van der Waals surface area contributed by atoms with Gasteiger partial charge >= 0.3 is 5.97 Å². The second kappa shape index (κ2) is 9.59. The van der Waals surface area contributed by atoms with Crippen molar-refractivity contribution in [2.45, 2.75) is 46.6 Å². The molecular weight excluding hydrogens is 278 g/mol. The van der Waals surface area contributed by atoms with Crippen LogP contribution in [0.5, 0.6) is 0 Å². The number of ether oxygens (including phenoxy) is 1. The maximum absolute atomic E-state index is 11.4. The monoisotopic (exact) mass is 307 g/mol. The zero-order chi connectivity index (χ0) is 16.5. The first-order valence-electron chi connectivity index (χ1n) is 8.11. The van der Waals surface area contributed by atoms with Crippen LogP contribution in [0, 0.1) is 13.8 Å². The van der Waals surface area contributed by atoms with E-state index in [1.807, 2.05) is 19.1 Å². The quantitative estimate of drug-likeness (QED) is 0.713. The van der Waals surface area contributed by atoms with Gasteiger partial charge in [-0.1, -0.05) is 25.1 Å². The SMILES string of the molecule is CCOC(=O)CCN(CC)CCC(O)c1ccc(C)c(C)c1. The van der Waals surface area contributed by atoms with E-state index in [1.165, 1.54) is 11.1 Å². The van der Waals surface area contributed by atoms with Crippen molar-refractivity contribution >= 4 is 5.97 Å². The lowest BCUT2D eigenvalue weighted by atomic mass is 10.0. The topological polar surface area (TPSA) is 49.8 Å². The van der Waals surface area contributed by atoms with Crippen molar-refractivity contribution in [2.24, 2.45) is 0 Å². The lowest BCUT2D eigenvalue weighted by Gasteiger charge is -2.22. The lowest BCUT2D eigenvalue weighted by molar-refractivity contribution is -0.143. The Morgan fingerprint density at radius 2 is 1.95 bits per heavy atom. The second-order valence-corrected chi connectivity index (χ2v) is 5.64. The number of nitrogens with zero attached hydrogens (tertiary/aromatic N) is 1. The molecule has 0 fully saturated rings. The number of carbonyl (C=O) groups excluding carboxylic acids is 1. The summed E-state index contributed by atoms with van der Waals surface area (Å²) in [6.07, 6.45) is 0.608. The Labute approximate surface area is 134 Å². The van der Waals surface area contributed by atoms with Gasteiger partial charge in [0.05, 0.1) is 19.1 Å². The zero-order valence-electron chi connectivity index (χ0n) is 14.3. The summed E-state index contributed by atoms with van der Waals surface area (Å²) in [5.41, 5.74) is 3.40. The summed E-state index contributed by atoms with van der Waals surface area (Å²) in [7, 11) is 0. The van der Waals surface area contributed by atoms with Gasteiger partial charge in [-0.15, -0.1) is 0 Å². The van der Waals surface area contributed by atoms with E-state index in [0.29, 0.717) is 26.0 Å². The van der Waals surface area contributed by atoms with Crippen LogP contribution in [0.3, 0.4) is 0 Å². The molecule has 0 spiro atoms. The van der Waals surface area contributed by atoms with Gasteiger partial charge in [0.15, 0.2) is 0 Å². The Kier molecular flexibility index (Phi) is 8.13. The average molecular weight is 307 g/mol. The van der Waals surface area contributed by atoms with Gasteiger partial charge in [0.2, 0.25) is 0 Å². The fourth-order valence-corrected chi connectivity index (χ4v) is 2.35. The summed E-state index contributed by atoms with van der Waals surface area (Å²) in [6.45, 7) is 10.7. The van der Waals surface area contributed by atoms with E-state index in [-0.39, 0.29) is 5.97 Å². The molecule has 1 aromatic rings. The van der Waals surface area contributed by atoms with E-state index in [1.54, 1.807) is 0 Å². The van der Waals surface area contributed by atoms with Crippen molar-refractivity contribution in [1.29, 1.82) is 0 Å². The molecule has 1 rings (SSSR count). The Morgan fingerprint density at radius 3 is 2.55 bits per heavy atom. The highest BCUT2D eigenvalue weighted by molar-refractivity contribution is 5.69. The third-order valence-electron chi connectivity index (χ3n) is 4.02. The number of benzene rings is 1. The molecule has 0 heterocycles. The summed E-state index contributed by atoms with van der Waals surface area (Å²) >= 11 is 0. The Bertz CT molecular complexity index is 473. The molecule has 1 unspecified atom stereocenters. The Hall–Kier alpha value is -1.39. The predicted octanol–water partition coefficient (Wildman–Crippen LogP) is 3.00. The third-order valence-corrected chi connectivity index (χ3v) is 4.02. The van der Waals surface area contributed by atoms with Crippen molar-refractivity contribution in [2.75, 3.05) is 26.2 Å². The molecule has 1 aromatic carbocycles. The van der Waals surface area contributed by atoms with Crippen LogP contribution in [0.1, 0.15) is 49.5 Å². The van der Waals surface area contributed by atoms with Gasteiger partial charge in [0, 0.05) is 13.1 Å². The molecule has 1 atom stereocenters. The highest BCUT2D eigenvalue weighted by atomic mass is 16.5. The van der Waals surface area contributed by atoms with Crippen LogP contribution >= 0.6 is 0 Å². The van der Waals surface area contributed by atoms with Crippen molar-refractivity contribution in [3.05, 3.63) is 34.9 Å². The van der Waals surface area contributed by atoms with Crippen LogP contribution in [0.15, 0.2) is 18.2 Å². The predicted molar refractivity (Wildman–Crippen MR) is 88.9 cm³/mol. The van der Waals surface area contributed by atoms with Crippen LogP contribution in [0.2, 0.25) is 0 Å². The van der Waals surface area contributed by atoms with Gasteiger partial charge in [0.1, 0.15) is 0 Å². The highest BCUT2D eigenvalue weighted by Gasteiger charge is 2.12. The lowest BCUT2D eigenvalue weighted by Crippen LogP contribution is -2.28. The largest absolute Gasteiger partial charge is 0.466 e. The van der Waals surface area contributed by atoms with Crippen molar-refractivity contribution in [1.82, 2.24) is 4.90 Å². The smallest absolute Gasteiger partial charge is 0.307 e. The van der Waals surface area contributed by atoms with Crippen LogP contribution < -0.4 is 0 Å². The van der Waals surface area contributed by atoms with E-state index >= 15 is 0 Å². The summed E-state index contributed by atoms with van der Waals surface area (Å²) in [6, 6.07) is 6.09. The molecule has 4 nitrogen and oxygen atoms in total. The van der Waals surface area contributed by atoms with Gasteiger partial charge < -0.3 is 14.7 Å². The fourth-order valence-electron chi connectivity index (χ4n) is 2.35. The molecule has 22 heavy (non-hydrogen) atoms. The van der Waals surface area contributed by atoms with E-state index in [0.717, 1.165) is 18.7 Å². The number of esters is 1. The van der Waals surface area contributed by atoms with E-state index in [9.17, 15) is 9.90 Å². The summed E-state index contributed by atoms with van der Waals surface area (Å²) in [5.74, 6) is -0.157. The van der Waals surface area contributed by atoms with Crippen LogP contribution in [-0.4, -0.2) is 42.2 Å². The fraction of sp³-hybridized carbons (Fsp3) is 0.611. The molecule has 124 valence electrons. The molecule has 4 heteroatoms. The van der Waals surface area contributed by atoms with Gasteiger partial charge in [0.25, 0.3) is 0 Å². The number of rotatable bonds is 9. The summed E-state index contributed by atoms with van der Waals surface area (Å²) in [4.78, 5) is 13.6. The molecule has 0 radical (unpaired) electrons. The van der Waals surface area contributed by atoms with Crippen molar-refractivity contribution < 1.29 is 14.6 Å². The van der Waals surface area contributed by atoms with Crippen LogP contribution in [-0.2, 0) is 9.53 Å². The minimum absolute atomic E-state index is 0.157. The van der Waals surface area contributed by atoms with Crippen LogP contribution in [0.25, 0.3) is 0 Å². The number of aliphatic hydroxyl groups excluding tert-OH is 1. The molecule has 0 amide bonds. The number of aliphatic hydroxyl groups is 1. The molecule has 0 saturated carbocycles. The molecule has 0 saturated heterocycles. The molecular formula is C18H29NO3. The first-order valence-corrected chi connectivity index (χ1v) is 8.11. The molecule has 0 aliphatic rings. The maximum atomic E-state index is 11.4. The van der Waals surface area contributed by atoms with Crippen molar-refractivity contribution in [3.8, 4) is 0 Å². The number of carbonyl (C=O) groups is 1. The van der Waals surface area contributed by atoms with Gasteiger partial charge in [-0.05, 0) is 50.4 Å².